The second-order valence-corrected chi connectivity index (χ2v) is 6.61. The van der Waals surface area contributed by atoms with Gasteiger partial charge >= 0.3 is 5.63 Å². The summed E-state index contributed by atoms with van der Waals surface area (Å²) in [7, 11) is 0. The molecule has 1 aliphatic heterocycles. The Morgan fingerprint density at radius 1 is 1.29 bits per heavy atom. The van der Waals surface area contributed by atoms with Crippen LogP contribution in [0.1, 0.15) is 29.8 Å². The number of carbonyl (C=O) groups is 1. The van der Waals surface area contributed by atoms with Gasteiger partial charge < -0.3 is 4.42 Å². The fraction of sp³-hybridized carbons (Fsp3) is 0.167. The molecule has 0 fully saturated rings. The van der Waals surface area contributed by atoms with Crippen LogP contribution < -0.4 is 5.63 Å². The minimum atomic E-state index is -0.428. The maximum Gasteiger partial charge on any atom is 0.345 e. The molecule has 3 heterocycles. The average Bonchev–Trinajstić information content (AvgIpc) is 3.23. The molecule has 1 aliphatic rings. The van der Waals surface area contributed by atoms with Crippen LogP contribution in [0.4, 0.5) is 0 Å². The molecule has 5 nitrogen and oxygen atoms in total. The van der Waals surface area contributed by atoms with Gasteiger partial charge in [0.2, 0.25) is 5.91 Å². The third kappa shape index (κ3) is 2.45. The van der Waals surface area contributed by atoms with Gasteiger partial charge in [-0.2, -0.15) is 5.10 Å². The number of para-hydroxylation sites is 1. The van der Waals surface area contributed by atoms with Gasteiger partial charge in [-0.15, -0.1) is 11.3 Å². The van der Waals surface area contributed by atoms with Crippen molar-refractivity contribution < 1.29 is 9.21 Å². The lowest BCUT2D eigenvalue weighted by Gasteiger charge is -2.18. The van der Waals surface area contributed by atoms with E-state index in [0.29, 0.717) is 23.3 Å². The van der Waals surface area contributed by atoms with Crippen LogP contribution in [-0.4, -0.2) is 16.6 Å². The highest BCUT2D eigenvalue weighted by molar-refractivity contribution is 7.10. The molecular formula is C18H14N2O3S. The van der Waals surface area contributed by atoms with E-state index in [1.165, 1.54) is 11.9 Å². The van der Waals surface area contributed by atoms with Crippen LogP contribution in [-0.2, 0) is 4.79 Å². The molecule has 0 saturated carbocycles. The first-order chi connectivity index (χ1) is 11.6. The molecule has 0 saturated heterocycles. The summed E-state index contributed by atoms with van der Waals surface area (Å²) in [5.41, 5.74) is 1.12. The summed E-state index contributed by atoms with van der Waals surface area (Å²) in [5.74, 6) is -0.145. The van der Waals surface area contributed by atoms with Gasteiger partial charge in [-0.05, 0) is 23.6 Å². The molecule has 1 unspecified atom stereocenters. The van der Waals surface area contributed by atoms with Crippen molar-refractivity contribution in [1.82, 2.24) is 5.01 Å². The third-order valence-electron chi connectivity index (χ3n) is 4.06. The lowest BCUT2D eigenvalue weighted by atomic mass is 10.0. The van der Waals surface area contributed by atoms with Gasteiger partial charge in [0.25, 0.3) is 0 Å². The van der Waals surface area contributed by atoms with Crippen molar-refractivity contribution in [1.29, 1.82) is 0 Å². The molecule has 0 aliphatic carbocycles. The first kappa shape index (κ1) is 14.8. The third-order valence-corrected chi connectivity index (χ3v) is 5.03. The zero-order valence-electron chi connectivity index (χ0n) is 12.9. The van der Waals surface area contributed by atoms with E-state index in [0.717, 1.165) is 10.3 Å². The molecule has 1 amide bonds. The predicted octanol–water partition coefficient (Wildman–Crippen LogP) is 3.55. The summed E-state index contributed by atoms with van der Waals surface area (Å²) in [6, 6.07) is 12.9. The Balaban J connectivity index is 1.79. The topological polar surface area (TPSA) is 62.9 Å². The Morgan fingerprint density at radius 2 is 2.12 bits per heavy atom. The Hall–Kier alpha value is -2.73. The molecule has 0 bridgehead atoms. The molecule has 2 aromatic heterocycles. The van der Waals surface area contributed by atoms with Crippen molar-refractivity contribution in [2.75, 3.05) is 0 Å². The van der Waals surface area contributed by atoms with Gasteiger partial charge in [0.15, 0.2) is 0 Å². The summed E-state index contributed by atoms with van der Waals surface area (Å²) in [5, 5.41) is 8.67. The number of thiophene rings is 1. The van der Waals surface area contributed by atoms with Gasteiger partial charge in [0.1, 0.15) is 5.58 Å². The van der Waals surface area contributed by atoms with Crippen molar-refractivity contribution in [3.8, 4) is 0 Å². The van der Waals surface area contributed by atoms with Crippen LogP contribution in [0.5, 0.6) is 0 Å². The van der Waals surface area contributed by atoms with Gasteiger partial charge in [-0.3, -0.25) is 4.79 Å². The van der Waals surface area contributed by atoms with Crippen LogP contribution in [0.2, 0.25) is 0 Å². The maximum atomic E-state index is 12.3. The SMILES string of the molecule is CC(=O)N1N=C(c2cc3ccccc3oc2=O)CC1c1cccs1. The second kappa shape index (κ2) is 5.72. The molecule has 24 heavy (non-hydrogen) atoms. The zero-order valence-corrected chi connectivity index (χ0v) is 13.7. The predicted molar refractivity (Wildman–Crippen MR) is 93.2 cm³/mol. The van der Waals surface area contributed by atoms with E-state index in [2.05, 4.69) is 5.10 Å². The zero-order chi connectivity index (χ0) is 16.7. The molecule has 6 heteroatoms. The van der Waals surface area contributed by atoms with Crippen LogP contribution in [0, 0.1) is 0 Å². The van der Waals surface area contributed by atoms with E-state index in [9.17, 15) is 9.59 Å². The number of carbonyl (C=O) groups excluding carboxylic acids is 1. The summed E-state index contributed by atoms with van der Waals surface area (Å²) >= 11 is 1.58. The quantitative estimate of drug-likeness (QED) is 0.671. The molecule has 120 valence electrons. The number of fused-ring (bicyclic) bond motifs is 1. The van der Waals surface area contributed by atoms with Crippen LogP contribution in [0.25, 0.3) is 11.0 Å². The van der Waals surface area contributed by atoms with E-state index in [4.69, 9.17) is 4.42 Å². The van der Waals surface area contributed by atoms with Crippen molar-refractivity contribution in [2.45, 2.75) is 19.4 Å². The van der Waals surface area contributed by atoms with E-state index in [1.807, 2.05) is 35.7 Å². The van der Waals surface area contributed by atoms with E-state index < -0.39 is 5.63 Å². The molecule has 0 spiro atoms. The number of hydrogen-bond donors (Lipinski definition) is 0. The number of rotatable bonds is 2. The smallest absolute Gasteiger partial charge is 0.345 e. The van der Waals surface area contributed by atoms with Gasteiger partial charge in [0.05, 0.1) is 17.3 Å². The Bertz CT molecular complexity index is 1000. The van der Waals surface area contributed by atoms with Crippen molar-refractivity contribution in [3.05, 3.63) is 68.7 Å². The van der Waals surface area contributed by atoms with Gasteiger partial charge in [0, 0.05) is 23.6 Å². The van der Waals surface area contributed by atoms with Crippen LogP contribution in [0.3, 0.4) is 0 Å². The normalized spacial score (nSPS) is 17.3. The summed E-state index contributed by atoms with van der Waals surface area (Å²) in [6.07, 6.45) is 0.503. The lowest BCUT2D eigenvalue weighted by molar-refractivity contribution is -0.130. The van der Waals surface area contributed by atoms with E-state index in [-0.39, 0.29) is 11.9 Å². The minimum absolute atomic E-state index is 0.145. The highest BCUT2D eigenvalue weighted by Gasteiger charge is 2.33. The Labute approximate surface area is 141 Å². The average molecular weight is 338 g/mol. The first-order valence-corrected chi connectivity index (χ1v) is 8.45. The number of hydrazone groups is 1. The van der Waals surface area contributed by atoms with Crippen molar-refractivity contribution in [2.24, 2.45) is 5.10 Å². The molecular weight excluding hydrogens is 324 g/mol. The second-order valence-electron chi connectivity index (χ2n) is 5.63. The molecule has 3 aromatic rings. The fourth-order valence-corrected chi connectivity index (χ4v) is 3.74. The van der Waals surface area contributed by atoms with Crippen LogP contribution >= 0.6 is 11.3 Å². The maximum absolute atomic E-state index is 12.3. The van der Waals surface area contributed by atoms with Gasteiger partial charge in [-0.1, -0.05) is 24.3 Å². The number of amides is 1. The molecule has 4 rings (SSSR count). The fourth-order valence-electron chi connectivity index (χ4n) is 2.93. The molecule has 0 radical (unpaired) electrons. The minimum Gasteiger partial charge on any atom is -0.422 e. The molecule has 0 N–H and O–H groups in total. The standard InChI is InChI=1S/C18H14N2O3S/c1-11(21)20-15(17-7-4-8-24-17)10-14(19-20)13-9-12-5-2-3-6-16(12)23-18(13)22/h2-9,15H,10H2,1H3. The van der Waals surface area contributed by atoms with E-state index >= 15 is 0 Å². The van der Waals surface area contributed by atoms with E-state index in [1.54, 1.807) is 23.5 Å². The van der Waals surface area contributed by atoms with Crippen molar-refractivity contribution in [3.63, 3.8) is 0 Å². The number of benzene rings is 1. The number of hydrogen-bond acceptors (Lipinski definition) is 5. The highest BCUT2D eigenvalue weighted by Crippen LogP contribution is 2.34. The molecule has 1 aromatic carbocycles. The van der Waals surface area contributed by atoms with Crippen molar-refractivity contribution >= 4 is 33.9 Å². The Kier molecular flexibility index (Phi) is 3.54. The van der Waals surface area contributed by atoms with Gasteiger partial charge in [-0.25, -0.2) is 9.80 Å². The Morgan fingerprint density at radius 3 is 2.88 bits per heavy atom. The summed E-state index contributed by atoms with van der Waals surface area (Å²) in [4.78, 5) is 25.3. The summed E-state index contributed by atoms with van der Waals surface area (Å²) < 4.78 is 5.39. The molecule has 1 atom stereocenters. The first-order valence-electron chi connectivity index (χ1n) is 7.57. The lowest BCUT2D eigenvalue weighted by Crippen LogP contribution is -2.23. The monoisotopic (exact) mass is 338 g/mol. The largest absolute Gasteiger partial charge is 0.422 e. The number of nitrogens with zero attached hydrogens (tertiary/aromatic N) is 2. The van der Waals surface area contributed by atoms with Crippen LogP contribution in [0.15, 0.2) is 62.2 Å². The summed E-state index contributed by atoms with van der Waals surface area (Å²) in [6.45, 7) is 1.48. The highest BCUT2D eigenvalue weighted by atomic mass is 32.1.